The molecule has 0 spiro atoms. The van der Waals surface area contributed by atoms with Gasteiger partial charge in [-0.2, -0.15) is 0 Å². The van der Waals surface area contributed by atoms with Crippen LogP contribution in [0.4, 0.5) is 4.79 Å². The number of hydrogen-bond acceptors (Lipinski definition) is 5. The lowest BCUT2D eigenvalue weighted by Gasteiger charge is -2.30. The molecule has 7 heteroatoms. The maximum absolute atomic E-state index is 12.7. The molecule has 1 aliphatic carbocycles. The average molecular weight is 516 g/mol. The fourth-order valence-electron chi connectivity index (χ4n) is 5.12. The normalized spacial score (nSPS) is 19.2. The molecule has 37 heavy (non-hydrogen) atoms. The number of hydrogen-bond donors (Lipinski definition) is 3. The van der Waals surface area contributed by atoms with Gasteiger partial charge in [0.2, 0.25) is 0 Å². The van der Waals surface area contributed by atoms with E-state index in [1.807, 2.05) is 12.2 Å². The Labute approximate surface area is 224 Å². The van der Waals surface area contributed by atoms with Crippen LogP contribution >= 0.6 is 0 Å². The van der Waals surface area contributed by atoms with Crippen molar-refractivity contribution in [3.63, 3.8) is 0 Å². The van der Waals surface area contributed by atoms with Gasteiger partial charge in [0.1, 0.15) is 18.6 Å². The molecule has 208 valence electrons. The predicted octanol–water partition coefficient (Wildman–Crippen LogP) is 6.04. The van der Waals surface area contributed by atoms with Crippen LogP contribution in [0.15, 0.2) is 47.8 Å². The summed E-state index contributed by atoms with van der Waals surface area (Å²) >= 11 is 0. The molecule has 2 aliphatic heterocycles. The third-order valence-electron chi connectivity index (χ3n) is 7.38. The number of urea groups is 1. The minimum absolute atomic E-state index is 0.243. The summed E-state index contributed by atoms with van der Waals surface area (Å²) < 4.78 is 11.6. The van der Waals surface area contributed by atoms with Crippen molar-refractivity contribution in [2.24, 2.45) is 0 Å². The molecule has 3 aliphatic rings. The van der Waals surface area contributed by atoms with E-state index in [9.17, 15) is 9.90 Å². The molecule has 3 rings (SSSR count). The van der Waals surface area contributed by atoms with Gasteiger partial charge in [-0.05, 0) is 50.8 Å². The lowest BCUT2D eigenvalue weighted by Crippen LogP contribution is -2.53. The van der Waals surface area contributed by atoms with Gasteiger partial charge in [-0.25, -0.2) is 4.79 Å². The van der Waals surface area contributed by atoms with E-state index in [-0.39, 0.29) is 6.03 Å². The Morgan fingerprint density at radius 1 is 1.03 bits per heavy atom. The largest absolute Gasteiger partial charge is 0.465 e. The number of aliphatic hydroxyl groups is 1. The first-order valence-corrected chi connectivity index (χ1v) is 14.7. The molecule has 0 saturated carbocycles. The van der Waals surface area contributed by atoms with E-state index in [0.29, 0.717) is 24.6 Å². The van der Waals surface area contributed by atoms with Gasteiger partial charge in [0.05, 0.1) is 6.04 Å². The Morgan fingerprint density at radius 3 is 2.41 bits per heavy atom. The first kappa shape index (κ1) is 29.3. The lowest BCUT2D eigenvalue weighted by molar-refractivity contribution is 0.0743. The zero-order chi connectivity index (χ0) is 26.1. The van der Waals surface area contributed by atoms with Gasteiger partial charge in [-0.3, -0.25) is 0 Å². The first-order valence-electron chi connectivity index (χ1n) is 14.7. The Bertz CT molecular complexity index is 799. The number of amides is 2. The highest BCUT2D eigenvalue weighted by Gasteiger charge is 2.31. The number of aliphatic hydroxyl groups excluding tert-OH is 1. The van der Waals surface area contributed by atoms with E-state index in [1.54, 1.807) is 6.26 Å². The second-order valence-corrected chi connectivity index (χ2v) is 10.5. The number of rotatable bonds is 17. The zero-order valence-corrected chi connectivity index (χ0v) is 22.9. The molecule has 0 aromatic rings. The van der Waals surface area contributed by atoms with Gasteiger partial charge >= 0.3 is 6.03 Å². The first-order chi connectivity index (χ1) is 18.2. The second-order valence-electron chi connectivity index (χ2n) is 10.5. The van der Waals surface area contributed by atoms with Crippen molar-refractivity contribution in [2.45, 2.75) is 109 Å². The van der Waals surface area contributed by atoms with Crippen LogP contribution in [-0.2, 0) is 9.47 Å². The number of likely N-dealkylation sites (tertiary alicyclic amines) is 1. The summed E-state index contributed by atoms with van der Waals surface area (Å²) in [6.07, 6.45) is 24.9. The third-order valence-corrected chi connectivity index (χ3v) is 7.38. The van der Waals surface area contributed by atoms with Crippen molar-refractivity contribution in [2.75, 3.05) is 26.2 Å². The van der Waals surface area contributed by atoms with Crippen molar-refractivity contribution in [3.05, 3.63) is 47.8 Å². The predicted molar refractivity (Wildman–Crippen MR) is 149 cm³/mol. The SMILES string of the molecule is CCCCCCCCCCCCNC(=O)N[C@H](CN1CCCC1)[C@@H](O)C1=COC=C(C2=CC=CCC2)O1. The van der Waals surface area contributed by atoms with Crippen molar-refractivity contribution < 1.29 is 19.4 Å². The highest BCUT2D eigenvalue weighted by atomic mass is 16.6. The van der Waals surface area contributed by atoms with Crippen LogP contribution in [0.5, 0.6) is 0 Å². The van der Waals surface area contributed by atoms with E-state index < -0.39 is 12.1 Å². The van der Waals surface area contributed by atoms with E-state index >= 15 is 0 Å². The summed E-state index contributed by atoms with van der Waals surface area (Å²) in [5.41, 5.74) is 1.04. The van der Waals surface area contributed by atoms with Crippen molar-refractivity contribution in [3.8, 4) is 0 Å². The molecule has 2 amide bonds. The van der Waals surface area contributed by atoms with Gasteiger partial charge in [-0.1, -0.05) is 82.9 Å². The van der Waals surface area contributed by atoms with Crippen molar-refractivity contribution in [1.82, 2.24) is 15.5 Å². The van der Waals surface area contributed by atoms with Crippen LogP contribution in [0, 0.1) is 0 Å². The molecule has 1 fully saturated rings. The molecular weight excluding hydrogens is 466 g/mol. The smallest absolute Gasteiger partial charge is 0.315 e. The number of nitrogens with zero attached hydrogens (tertiary/aromatic N) is 1. The average Bonchev–Trinajstić information content (AvgIpc) is 3.45. The summed E-state index contributed by atoms with van der Waals surface area (Å²) in [5, 5.41) is 17.2. The summed E-state index contributed by atoms with van der Waals surface area (Å²) in [5.74, 6) is 0.943. The molecule has 0 bridgehead atoms. The molecule has 2 atom stereocenters. The molecule has 2 heterocycles. The second kappa shape index (κ2) is 17.3. The number of unbranched alkanes of at least 4 members (excludes halogenated alkanes) is 9. The fourth-order valence-corrected chi connectivity index (χ4v) is 5.12. The monoisotopic (exact) mass is 515 g/mol. The van der Waals surface area contributed by atoms with E-state index in [2.05, 4.69) is 28.5 Å². The highest BCUT2D eigenvalue weighted by molar-refractivity contribution is 5.74. The number of ether oxygens (including phenoxy) is 2. The molecule has 0 aromatic heterocycles. The maximum Gasteiger partial charge on any atom is 0.315 e. The van der Waals surface area contributed by atoms with Crippen molar-refractivity contribution in [1.29, 1.82) is 0 Å². The number of carbonyl (C=O) groups is 1. The summed E-state index contributed by atoms with van der Waals surface area (Å²) in [4.78, 5) is 15.0. The van der Waals surface area contributed by atoms with Crippen molar-refractivity contribution >= 4 is 6.03 Å². The molecule has 0 unspecified atom stereocenters. The van der Waals surface area contributed by atoms with Gasteiger partial charge < -0.3 is 30.1 Å². The molecule has 1 saturated heterocycles. The lowest BCUT2D eigenvalue weighted by atomic mass is 10.0. The van der Waals surface area contributed by atoms with Gasteiger partial charge in [0.15, 0.2) is 11.5 Å². The molecule has 3 N–H and O–H groups in total. The van der Waals surface area contributed by atoms with Crippen LogP contribution in [0.25, 0.3) is 0 Å². The summed E-state index contributed by atoms with van der Waals surface area (Å²) in [6, 6.07) is -0.743. The van der Waals surface area contributed by atoms with E-state index in [4.69, 9.17) is 9.47 Å². The fraction of sp³-hybridized carbons (Fsp3) is 0.700. The molecule has 0 aromatic carbocycles. The quantitative estimate of drug-likeness (QED) is 0.206. The van der Waals surface area contributed by atoms with Crippen LogP contribution in [0.2, 0.25) is 0 Å². The van der Waals surface area contributed by atoms with Gasteiger partial charge in [0.25, 0.3) is 0 Å². The molecule has 0 radical (unpaired) electrons. The molecular formula is C30H49N3O4. The minimum atomic E-state index is -1.01. The number of nitrogens with one attached hydrogen (secondary N) is 2. The van der Waals surface area contributed by atoms with Crippen LogP contribution in [0.3, 0.4) is 0 Å². The highest BCUT2D eigenvalue weighted by Crippen LogP contribution is 2.28. The molecule has 7 nitrogen and oxygen atoms in total. The Morgan fingerprint density at radius 2 is 1.73 bits per heavy atom. The topological polar surface area (TPSA) is 83.1 Å². The van der Waals surface area contributed by atoms with Gasteiger partial charge in [-0.15, -0.1) is 0 Å². The van der Waals surface area contributed by atoms with Crippen LogP contribution < -0.4 is 10.6 Å². The Kier molecular flexibility index (Phi) is 13.7. The third kappa shape index (κ3) is 10.9. The van der Waals surface area contributed by atoms with Crippen LogP contribution in [0.1, 0.15) is 96.8 Å². The maximum atomic E-state index is 12.7. The summed E-state index contributed by atoms with van der Waals surface area (Å²) in [6.45, 7) is 5.42. The minimum Gasteiger partial charge on any atom is -0.465 e. The summed E-state index contributed by atoms with van der Waals surface area (Å²) in [7, 11) is 0. The van der Waals surface area contributed by atoms with Gasteiger partial charge in [0, 0.05) is 13.1 Å². The number of allylic oxidation sites excluding steroid dienone is 4. The van der Waals surface area contributed by atoms with Crippen LogP contribution in [-0.4, -0.2) is 54.4 Å². The van der Waals surface area contributed by atoms with E-state index in [0.717, 1.165) is 57.2 Å². The Hall–Kier alpha value is -2.25. The Balaban J connectivity index is 1.40. The standard InChI is InChI=1S/C30H49N3O4/c1-2-3-4-5-6-7-8-9-10-14-19-31-30(35)32-26(22-33-20-15-16-21-33)29(34)28-24-36-23-27(37-28)25-17-12-11-13-18-25/h11-12,17,23-24,26,29,34H,2-10,13-16,18-22H2,1H3,(H2,31,32,35)/t26-,29-/m1/s1. The van der Waals surface area contributed by atoms with E-state index in [1.165, 1.54) is 57.6 Å². The zero-order valence-electron chi connectivity index (χ0n) is 22.9. The number of carbonyl (C=O) groups excluding carboxylic acids is 1.